The van der Waals surface area contributed by atoms with Crippen LogP contribution in [-0.4, -0.2) is 11.5 Å². The van der Waals surface area contributed by atoms with E-state index in [2.05, 4.69) is 29.9 Å². The van der Waals surface area contributed by atoms with Gasteiger partial charge in [-0.15, -0.1) is 0 Å². The predicted molar refractivity (Wildman–Crippen MR) is 56.3 cm³/mol. The molecule has 2 heteroatoms. The second kappa shape index (κ2) is 4.77. The molecule has 1 aromatic heterocycles. The maximum Gasteiger partial charge on any atom is 0.0653 e. The first-order valence-electron chi connectivity index (χ1n) is 4.55. The van der Waals surface area contributed by atoms with Gasteiger partial charge < -0.3 is 5.32 Å². The molecule has 1 heterocycles. The van der Waals surface area contributed by atoms with E-state index in [1.54, 1.807) is 0 Å². The van der Waals surface area contributed by atoms with Gasteiger partial charge in [-0.3, -0.25) is 4.98 Å². The molecule has 0 fully saturated rings. The fourth-order valence-corrected chi connectivity index (χ4v) is 1.05. The number of nitrogens with one attached hydrogen (secondary N) is 1. The predicted octanol–water partition coefficient (Wildman–Crippen LogP) is 2.22. The zero-order valence-corrected chi connectivity index (χ0v) is 8.30. The van der Waals surface area contributed by atoms with Crippen molar-refractivity contribution in [1.29, 1.82) is 0 Å². The standard InChI is InChI=1S/C11H16N2/c1-4-12-7-10-5-6-11(9(2)3)13-8-10/h5-6,8,12H,2,4,7H2,1,3H3. The van der Waals surface area contributed by atoms with Crippen LogP contribution in [0.4, 0.5) is 0 Å². The molecule has 1 rings (SSSR count). The van der Waals surface area contributed by atoms with Gasteiger partial charge in [-0.1, -0.05) is 19.6 Å². The zero-order valence-electron chi connectivity index (χ0n) is 8.30. The van der Waals surface area contributed by atoms with E-state index in [1.807, 2.05) is 19.2 Å². The molecule has 0 spiro atoms. The van der Waals surface area contributed by atoms with E-state index in [-0.39, 0.29) is 0 Å². The molecule has 2 nitrogen and oxygen atoms in total. The highest BCUT2D eigenvalue weighted by Crippen LogP contribution is 2.08. The molecule has 0 unspecified atom stereocenters. The van der Waals surface area contributed by atoms with Crippen LogP contribution in [0.5, 0.6) is 0 Å². The van der Waals surface area contributed by atoms with Crippen molar-refractivity contribution in [1.82, 2.24) is 10.3 Å². The molecular formula is C11H16N2. The van der Waals surface area contributed by atoms with Gasteiger partial charge >= 0.3 is 0 Å². The first-order valence-corrected chi connectivity index (χ1v) is 4.55. The van der Waals surface area contributed by atoms with Gasteiger partial charge in [0.05, 0.1) is 5.69 Å². The van der Waals surface area contributed by atoms with Crippen LogP contribution in [0.3, 0.4) is 0 Å². The Morgan fingerprint density at radius 1 is 1.54 bits per heavy atom. The molecule has 0 amide bonds. The van der Waals surface area contributed by atoms with Crippen molar-refractivity contribution < 1.29 is 0 Å². The lowest BCUT2D eigenvalue weighted by Gasteiger charge is -2.02. The number of nitrogens with zero attached hydrogens (tertiary/aromatic N) is 1. The summed E-state index contributed by atoms with van der Waals surface area (Å²) < 4.78 is 0. The minimum Gasteiger partial charge on any atom is -0.313 e. The first kappa shape index (κ1) is 9.93. The third-order valence-electron chi connectivity index (χ3n) is 1.84. The van der Waals surface area contributed by atoms with Gasteiger partial charge in [-0.25, -0.2) is 0 Å². The van der Waals surface area contributed by atoms with Gasteiger partial charge in [0.25, 0.3) is 0 Å². The van der Waals surface area contributed by atoms with Gasteiger partial charge in [0.2, 0.25) is 0 Å². The second-order valence-corrected chi connectivity index (χ2v) is 3.11. The van der Waals surface area contributed by atoms with Crippen LogP contribution in [-0.2, 0) is 6.54 Å². The van der Waals surface area contributed by atoms with Crippen LogP contribution < -0.4 is 5.32 Å². The monoisotopic (exact) mass is 176 g/mol. The lowest BCUT2D eigenvalue weighted by atomic mass is 10.2. The fraction of sp³-hybridized carbons (Fsp3) is 0.364. The van der Waals surface area contributed by atoms with E-state index in [9.17, 15) is 0 Å². The van der Waals surface area contributed by atoms with E-state index in [4.69, 9.17) is 0 Å². The smallest absolute Gasteiger partial charge is 0.0653 e. The van der Waals surface area contributed by atoms with E-state index in [1.165, 1.54) is 5.56 Å². The molecule has 0 saturated carbocycles. The summed E-state index contributed by atoms with van der Waals surface area (Å²) in [5.74, 6) is 0. The molecule has 0 aliphatic heterocycles. The molecule has 70 valence electrons. The molecule has 1 aromatic rings. The Balaban J connectivity index is 2.64. The molecule has 0 aliphatic carbocycles. The number of allylic oxidation sites excluding steroid dienone is 1. The highest BCUT2D eigenvalue weighted by Gasteiger charge is 1.95. The maximum atomic E-state index is 4.29. The summed E-state index contributed by atoms with van der Waals surface area (Å²) in [4.78, 5) is 4.29. The molecule has 0 atom stereocenters. The van der Waals surface area contributed by atoms with E-state index < -0.39 is 0 Å². The molecule has 0 aliphatic rings. The van der Waals surface area contributed by atoms with Crippen molar-refractivity contribution in [2.45, 2.75) is 20.4 Å². The van der Waals surface area contributed by atoms with Gasteiger partial charge in [0.1, 0.15) is 0 Å². The van der Waals surface area contributed by atoms with Crippen molar-refractivity contribution in [3.63, 3.8) is 0 Å². The Hall–Kier alpha value is -1.15. The highest BCUT2D eigenvalue weighted by atomic mass is 14.8. The molecule has 0 bridgehead atoms. The van der Waals surface area contributed by atoms with Gasteiger partial charge in [0.15, 0.2) is 0 Å². The minimum absolute atomic E-state index is 0.889. The Kier molecular flexibility index (Phi) is 3.65. The highest BCUT2D eigenvalue weighted by molar-refractivity contribution is 5.57. The van der Waals surface area contributed by atoms with Gasteiger partial charge in [0, 0.05) is 12.7 Å². The van der Waals surface area contributed by atoms with E-state index >= 15 is 0 Å². The topological polar surface area (TPSA) is 24.9 Å². The average molecular weight is 176 g/mol. The summed E-state index contributed by atoms with van der Waals surface area (Å²) in [6, 6.07) is 4.09. The van der Waals surface area contributed by atoms with Crippen LogP contribution in [0.15, 0.2) is 24.9 Å². The summed E-state index contributed by atoms with van der Waals surface area (Å²) in [6.07, 6.45) is 1.90. The first-order chi connectivity index (χ1) is 6.24. The normalized spacial score (nSPS) is 10.0. The maximum absolute atomic E-state index is 4.29. The minimum atomic E-state index is 0.889. The number of hydrogen-bond donors (Lipinski definition) is 1. The van der Waals surface area contributed by atoms with E-state index in [0.717, 1.165) is 24.4 Å². The van der Waals surface area contributed by atoms with Crippen molar-refractivity contribution in [2.75, 3.05) is 6.54 Å². The van der Waals surface area contributed by atoms with E-state index in [0.29, 0.717) is 0 Å². The van der Waals surface area contributed by atoms with Crippen LogP contribution in [0.1, 0.15) is 25.1 Å². The Bertz CT molecular complexity index is 275. The summed E-state index contributed by atoms with van der Waals surface area (Å²) in [5, 5.41) is 3.25. The van der Waals surface area contributed by atoms with Crippen molar-refractivity contribution in [3.05, 3.63) is 36.2 Å². The Morgan fingerprint density at radius 2 is 2.31 bits per heavy atom. The van der Waals surface area contributed by atoms with Crippen molar-refractivity contribution >= 4 is 5.57 Å². The number of pyridine rings is 1. The Labute approximate surface area is 79.7 Å². The largest absolute Gasteiger partial charge is 0.313 e. The lowest BCUT2D eigenvalue weighted by Crippen LogP contribution is -2.11. The second-order valence-electron chi connectivity index (χ2n) is 3.11. The summed E-state index contributed by atoms with van der Waals surface area (Å²) >= 11 is 0. The molecule has 0 saturated heterocycles. The molecule has 0 aromatic carbocycles. The van der Waals surface area contributed by atoms with Gasteiger partial charge in [-0.05, 0) is 30.7 Å². The van der Waals surface area contributed by atoms with Gasteiger partial charge in [-0.2, -0.15) is 0 Å². The summed E-state index contributed by atoms with van der Waals surface area (Å²) in [7, 11) is 0. The van der Waals surface area contributed by atoms with Crippen molar-refractivity contribution in [2.24, 2.45) is 0 Å². The summed E-state index contributed by atoms with van der Waals surface area (Å²) in [6.45, 7) is 9.77. The average Bonchev–Trinajstić information content (AvgIpc) is 2.15. The van der Waals surface area contributed by atoms with Crippen molar-refractivity contribution in [3.8, 4) is 0 Å². The third-order valence-corrected chi connectivity index (χ3v) is 1.84. The summed E-state index contributed by atoms with van der Waals surface area (Å²) in [5.41, 5.74) is 3.20. The SMILES string of the molecule is C=C(C)c1ccc(CNCC)cn1. The fourth-order valence-electron chi connectivity index (χ4n) is 1.05. The molecule has 1 N–H and O–H groups in total. The molecule has 13 heavy (non-hydrogen) atoms. The van der Waals surface area contributed by atoms with Crippen LogP contribution >= 0.6 is 0 Å². The number of rotatable bonds is 4. The van der Waals surface area contributed by atoms with Crippen LogP contribution in [0, 0.1) is 0 Å². The molecule has 0 radical (unpaired) electrons. The van der Waals surface area contributed by atoms with Crippen LogP contribution in [0.25, 0.3) is 5.57 Å². The molecular weight excluding hydrogens is 160 g/mol. The van der Waals surface area contributed by atoms with Crippen LogP contribution in [0.2, 0.25) is 0 Å². The Morgan fingerprint density at radius 3 is 2.77 bits per heavy atom. The number of hydrogen-bond acceptors (Lipinski definition) is 2. The zero-order chi connectivity index (χ0) is 9.68. The number of aromatic nitrogens is 1. The quantitative estimate of drug-likeness (QED) is 0.761. The third kappa shape index (κ3) is 2.99. The lowest BCUT2D eigenvalue weighted by molar-refractivity contribution is 0.724.